The molecule has 3 rings (SSSR count). The largest absolute Gasteiger partial charge is 0.490 e. The van der Waals surface area contributed by atoms with Crippen molar-refractivity contribution in [2.24, 2.45) is 0 Å². The first-order valence-electron chi connectivity index (χ1n) is 7.84. The average molecular weight is 359 g/mol. The molecule has 1 N–H and O–H groups in total. The first-order chi connectivity index (χ1) is 12.5. The Kier molecular flexibility index (Phi) is 4.57. The molecule has 10 heteroatoms. The zero-order chi connectivity index (χ0) is 18.8. The predicted molar refractivity (Wildman–Crippen MR) is 90.8 cm³/mol. The summed E-state index contributed by atoms with van der Waals surface area (Å²) in [5.74, 6) is 0.0334. The van der Waals surface area contributed by atoms with Crippen LogP contribution in [-0.4, -0.2) is 39.4 Å². The summed E-state index contributed by atoms with van der Waals surface area (Å²) >= 11 is 0. The van der Waals surface area contributed by atoms with E-state index in [1.807, 2.05) is 0 Å². The molecule has 10 nitrogen and oxygen atoms in total. The fourth-order valence-corrected chi connectivity index (χ4v) is 2.89. The Labute approximate surface area is 148 Å². The summed E-state index contributed by atoms with van der Waals surface area (Å²) in [4.78, 5) is 27.5. The summed E-state index contributed by atoms with van der Waals surface area (Å²) in [5, 5.41) is 18.5. The van der Waals surface area contributed by atoms with E-state index in [1.165, 1.54) is 30.3 Å². The van der Waals surface area contributed by atoms with Gasteiger partial charge in [-0.2, -0.15) is 10.1 Å². The molecule has 26 heavy (non-hydrogen) atoms. The smallest absolute Gasteiger partial charge is 0.338 e. The van der Waals surface area contributed by atoms with Gasteiger partial charge >= 0.3 is 11.7 Å². The van der Waals surface area contributed by atoms with Crippen molar-refractivity contribution in [2.75, 3.05) is 19.0 Å². The maximum Gasteiger partial charge on any atom is 0.338 e. The molecule has 136 valence electrons. The Morgan fingerprint density at radius 3 is 2.88 bits per heavy atom. The highest BCUT2D eigenvalue weighted by molar-refractivity contribution is 5.92. The molecule has 0 saturated carbocycles. The molecule has 0 saturated heterocycles. The molecular weight excluding hydrogens is 342 g/mol. The molecule has 1 aliphatic heterocycles. The number of methoxy groups -OCH3 is 1. The van der Waals surface area contributed by atoms with Crippen molar-refractivity contribution in [3.05, 3.63) is 51.5 Å². The normalized spacial score (nSPS) is 15.9. The highest BCUT2D eigenvalue weighted by atomic mass is 16.6. The van der Waals surface area contributed by atoms with Crippen molar-refractivity contribution >= 4 is 17.6 Å². The van der Waals surface area contributed by atoms with Crippen LogP contribution in [-0.2, 0) is 9.53 Å². The second-order valence-corrected chi connectivity index (χ2v) is 5.50. The minimum atomic E-state index is -0.711. The number of nitro groups is 1. The van der Waals surface area contributed by atoms with Crippen LogP contribution in [0.1, 0.15) is 25.5 Å². The van der Waals surface area contributed by atoms with Gasteiger partial charge in [0.25, 0.3) is 0 Å². The van der Waals surface area contributed by atoms with Gasteiger partial charge in [-0.3, -0.25) is 10.1 Å². The van der Waals surface area contributed by atoms with E-state index in [-0.39, 0.29) is 18.0 Å². The van der Waals surface area contributed by atoms with E-state index in [4.69, 9.17) is 9.47 Å². The predicted octanol–water partition coefficient (Wildman–Crippen LogP) is 2.05. The standard InChI is InChI=1S/C16H17N5O5/c1-4-26-15(22)13-9(2)19-16-17-8-18-20(16)14(13)10-5-6-12(25-3)11(7-10)21(23)24/h5-8,14H,4H2,1-3H3,(H,17,18,19). The number of carbonyl (C=O) groups is 1. The van der Waals surface area contributed by atoms with Crippen LogP contribution in [0.15, 0.2) is 35.8 Å². The van der Waals surface area contributed by atoms with Crippen LogP contribution in [0, 0.1) is 10.1 Å². The fraction of sp³-hybridized carbons (Fsp3) is 0.312. The van der Waals surface area contributed by atoms with Crippen molar-refractivity contribution in [2.45, 2.75) is 19.9 Å². The minimum Gasteiger partial charge on any atom is -0.490 e. The van der Waals surface area contributed by atoms with Gasteiger partial charge in [-0.05, 0) is 25.5 Å². The summed E-state index contributed by atoms with van der Waals surface area (Å²) in [6, 6.07) is 3.80. The minimum absolute atomic E-state index is 0.130. The molecule has 0 bridgehead atoms. The van der Waals surface area contributed by atoms with Crippen LogP contribution in [0.25, 0.3) is 0 Å². The van der Waals surface area contributed by atoms with E-state index in [1.54, 1.807) is 19.9 Å². The second-order valence-electron chi connectivity index (χ2n) is 5.50. The number of nitrogens with one attached hydrogen (secondary N) is 1. The van der Waals surface area contributed by atoms with Crippen LogP contribution in [0.3, 0.4) is 0 Å². The van der Waals surface area contributed by atoms with Gasteiger partial charge in [-0.1, -0.05) is 6.07 Å². The number of hydrogen-bond donors (Lipinski definition) is 1. The monoisotopic (exact) mass is 359 g/mol. The van der Waals surface area contributed by atoms with E-state index >= 15 is 0 Å². The number of anilines is 1. The van der Waals surface area contributed by atoms with Crippen LogP contribution < -0.4 is 10.1 Å². The number of carbonyl (C=O) groups excluding carboxylic acids is 1. The van der Waals surface area contributed by atoms with E-state index in [0.717, 1.165) is 0 Å². The Bertz CT molecular complexity index is 904. The number of nitro benzene ring substituents is 1. The van der Waals surface area contributed by atoms with Gasteiger partial charge in [0.15, 0.2) is 5.75 Å². The SMILES string of the molecule is CCOC(=O)C1=C(C)Nc2ncnn2C1c1ccc(OC)c([N+](=O)[O-])c1. The molecule has 0 radical (unpaired) electrons. The number of allylic oxidation sites excluding steroid dienone is 1. The maximum absolute atomic E-state index is 12.5. The Morgan fingerprint density at radius 1 is 1.46 bits per heavy atom. The van der Waals surface area contributed by atoms with Gasteiger partial charge in [0, 0.05) is 11.8 Å². The van der Waals surface area contributed by atoms with Crippen molar-refractivity contribution in [3.63, 3.8) is 0 Å². The number of ether oxygens (including phenoxy) is 2. The molecule has 1 aromatic carbocycles. The highest BCUT2D eigenvalue weighted by Gasteiger charge is 2.35. The number of benzene rings is 1. The van der Waals surface area contributed by atoms with Crippen molar-refractivity contribution in [1.82, 2.24) is 14.8 Å². The molecular formula is C16H17N5O5. The molecule has 0 fully saturated rings. The zero-order valence-corrected chi connectivity index (χ0v) is 14.4. The molecule has 0 aliphatic carbocycles. The van der Waals surface area contributed by atoms with Gasteiger partial charge < -0.3 is 14.8 Å². The Hall–Kier alpha value is -3.43. The van der Waals surface area contributed by atoms with Crippen molar-refractivity contribution in [1.29, 1.82) is 0 Å². The lowest BCUT2D eigenvalue weighted by atomic mass is 9.95. The van der Waals surface area contributed by atoms with E-state index in [0.29, 0.717) is 22.8 Å². The summed E-state index contributed by atoms with van der Waals surface area (Å²) in [7, 11) is 1.36. The first-order valence-corrected chi connectivity index (χ1v) is 7.84. The van der Waals surface area contributed by atoms with Gasteiger partial charge in [-0.25, -0.2) is 9.48 Å². The van der Waals surface area contributed by atoms with E-state index in [9.17, 15) is 14.9 Å². The molecule has 0 amide bonds. The topological polar surface area (TPSA) is 121 Å². The molecule has 0 spiro atoms. The zero-order valence-electron chi connectivity index (χ0n) is 14.4. The van der Waals surface area contributed by atoms with E-state index < -0.39 is 16.9 Å². The molecule has 1 aliphatic rings. The van der Waals surface area contributed by atoms with Crippen LogP contribution in [0.2, 0.25) is 0 Å². The van der Waals surface area contributed by atoms with E-state index in [2.05, 4.69) is 15.4 Å². The molecule has 1 unspecified atom stereocenters. The summed E-state index contributed by atoms with van der Waals surface area (Å²) < 4.78 is 11.7. The molecule has 1 atom stereocenters. The molecule has 2 heterocycles. The Morgan fingerprint density at radius 2 is 2.23 bits per heavy atom. The third-order valence-electron chi connectivity index (χ3n) is 4.01. The summed E-state index contributed by atoms with van der Waals surface area (Å²) in [6.45, 7) is 3.63. The molecule has 2 aromatic rings. The third kappa shape index (κ3) is 2.85. The fourth-order valence-electron chi connectivity index (χ4n) is 2.89. The summed E-state index contributed by atoms with van der Waals surface area (Å²) in [5.41, 5.74) is 1.15. The number of nitrogens with zero attached hydrogens (tertiary/aromatic N) is 4. The van der Waals surface area contributed by atoms with Gasteiger partial charge in [0.2, 0.25) is 5.95 Å². The van der Waals surface area contributed by atoms with Crippen LogP contribution >= 0.6 is 0 Å². The first kappa shape index (κ1) is 17.4. The second kappa shape index (κ2) is 6.82. The quantitative estimate of drug-likeness (QED) is 0.489. The van der Waals surface area contributed by atoms with Gasteiger partial charge in [0.1, 0.15) is 12.4 Å². The van der Waals surface area contributed by atoms with Crippen molar-refractivity contribution in [3.8, 4) is 5.75 Å². The average Bonchev–Trinajstić information content (AvgIpc) is 3.07. The number of fused-ring (bicyclic) bond motifs is 1. The van der Waals surface area contributed by atoms with Crippen LogP contribution in [0.4, 0.5) is 11.6 Å². The maximum atomic E-state index is 12.5. The number of hydrogen-bond acceptors (Lipinski definition) is 8. The van der Waals surface area contributed by atoms with Gasteiger partial charge in [0.05, 0.1) is 24.2 Å². The Balaban J connectivity index is 2.18. The summed E-state index contributed by atoms with van der Waals surface area (Å²) in [6.07, 6.45) is 1.34. The van der Waals surface area contributed by atoms with Crippen LogP contribution in [0.5, 0.6) is 5.75 Å². The number of aromatic nitrogens is 3. The molecule has 1 aromatic heterocycles. The van der Waals surface area contributed by atoms with Crippen molar-refractivity contribution < 1.29 is 19.2 Å². The number of esters is 1. The van der Waals surface area contributed by atoms with Gasteiger partial charge in [-0.15, -0.1) is 0 Å². The third-order valence-corrected chi connectivity index (χ3v) is 4.01. The lowest BCUT2D eigenvalue weighted by Gasteiger charge is -2.28. The lowest BCUT2D eigenvalue weighted by molar-refractivity contribution is -0.385. The highest BCUT2D eigenvalue weighted by Crippen LogP contribution is 2.38. The number of rotatable bonds is 5. The lowest BCUT2D eigenvalue weighted by Crippen LogP contribution is -2.29.